The fourth-order valence-corrected chi connectivity index (χ4v) is 0. The van der Waals surface area contributed by atoms with Crippen LogP contribution in [0.5, 0.6) is 0 Å². The molecule has 0 fully saturated rings. The molecule has 0 heterocycles. The first kappa shape index (κ1) is 161. The average molecular weight is 698 g/mol. The summed E-state index contributed by atoms with van der Waals surface area (Å²) in [5.74, 6) is 0. The fraction of sp³-hybridized carbons (Fsp3) is 0. The third-order valence-electron chi connectivity index (χ3n) is 0. The van der Waals surface area contributed by atoms with E-state index in [2.05, 4.69) is 0 Å². The van der Waals surface area contributed by atoms with Crippen molar-refractivity contribution in [3.63, 3.8) is 0 Å². The van der Waals surface area contributed by atoms with Crippen molar-refractivity contribution in [3.05, 3.63) is 0 Å². The number of hydrogen-bond donors (Lipinski definition) is 0. The van der Waals surface area contributed by atoms with Crippen molar-refractivity contribution in [2.75, 3.05) is 0 Å². The van der Waals surface area contributed by atoms with Crippen LogP contribution in [0.4, 0.5) is 0 Å². The van der Waals surface area contributed by atoms with Gasteiger partial charge in [0.05, 0.1) is 0 Å². The van der Waals surface area contributed by atoms with Crippen LogP contribution in [0.1, 0.15) is 0 Å². The monoisotopic (exact) mass is 696 g/mol. The molecule has 0 aromatic rings. The Morgan fingerprint density at radius 2 is 0.150 bits per heavy atom. The van der Waals surface area contributed by atoms with Crippen molar-refractivity contribution in [1.82, 2.24) is 0 Å². The molecule has 40 heavy (non-hydrogen) atoms. The van der Waals surface area contributed by atoms with E-state index in [9.17, 15) is 0 Å². The summed E-state index contributed by atoms with van der Waals surface area (Å²) in [6, 6.07) is 0. The molecule has 0 aliphatic heterocycles. The van der Waals surface area contributed by atoms with Gasteiger partial charge >= 0.3 is 207 Å². The zero-order valence-electron chi connectivity index (χ0n) is 20.7. The molecule has 0 amide bonds. The van der Waals surface area contributed by atoms with Gasteiger partial charge in [-0.2, -0.15) is 0 Å². The summed E-state index contributed by atoms with van der Waals surface area (Å²) >= 11 is 0. The molecule has 0 saturated carbocycles. The van der Waals surface area contributed by atoms with E-state index in [0.29, 0.717) is 0 Å². The average Bonchev–Trinajstić information content (AvgIpc) is 2.08. The Labute approximate surface area is 374 Å². The molecule has 200 valence electrons. The first-order valence-corrected chi connectivity index (χ1v) is 4.24. The molecular formula is H14B6Mg9O25. The van der Waals surface area contributed by atoms with Crippen molar-refractivity contribution >= 4 is 251 Å². The van der Waals surface area contributed by atoms with Gasteiger partial charge in [0, 0.05) is 0 Å². The molecule has 25 nitrogen and oxygen atoms in total. The third-order valence-corrected chi connectivity index (χ3v) is 0. The van der Waals surface area contributed by atoms with Crippen LogP contribution < -0.4 is 90.4 Å². The van der Waals surface area contributed by atoms with Crippen LogP contribution in [0.2, 0.25) is 0 Å². The molecule has 0 bridgehead atoms. The molecule has 0 spiro atoms. The predicted molar refractivity (Wildman–Crippen MR) is 112 cm³/mol. The summed E-state index contributed by atoms with van der Waals surface area (Å²) in [5.41, 5.74) is 0. The molecule has 0 aromatic carbocycles. The number of rotatable bonds is 0. The summed E-state index contributed by atoms with van der Waals surface area (Å²) in [4.78, 5) is 0. The summed E-state index contributed by atoms with van der Waals surface area (Å²) in [7, 11) is -17.5. The van der Waals surface area contributed by atoms with Gasteiger partial charge in [0.1, 0.15) is 0 Å². The largest absolute Gasteiger partial charge is 2.00 e. The van der Waals surface area contributed by atoms with Gasteiger partial charge in [-0.3, -0.25) is 43.9 Å². The van der Waals surface area contributed by atoms with Gasteiger partial charge in [-0.1, -0.05) is 0 Å². The van der Waals surface area contributed by atoms with Crippen LogP contribution in [0, 0.1) is 0 Å². The van der Waals surface area contributed by atoms with Crippen molar-refractivity contribution in [3.8, 4) is 0 Å². The standard InChI is InChI=1S/6BO3.9Mg.7H2O/c6*2-1(3)4;;;;;;;;;;;;;;;;/h;;;;;;;;;;;;;;;7*1H2/q6*-3;9*+2;;;;;;;. The zero-order chi connectivity index (χ0) is 21.5. The summed E-state index contributed by atoms with van der Waals surface area (Å²) in [6.07, 6.45) is 0. The zero-order valence-corrected chi connectivity index (χ0v) is 33.4. The Morgan fingerprint density at radius 3 is 0.150 bits per heavy atom. The van der Waals surface area contributed by atoms with Crippen LogP contribution >= 0.6 is 0 Å². The second-order valence-electron chi connectivity index (χ2n) is 1.73. The van der Waals surface area contributed by atoms with Crippen LogP contribution in [-0.2, 0) is 0 Å². The van der Waals surface area contributed by atoms with Gasteiger partial charge in [0.15, 0.2) is 0 Å². The maximum absolute atomic E-state index is 8.42. The van der Waals surface area contributed by atoms with E-state index in [1.165, 1.54) is 0 Å². The Morgan fingerprint density at radius 1 is 0.150 bits per heavy atom. The summed E-state index contributed by atoms with van der Waals surface area (Å²) < 4.78 is 0. The van der Waals surface area contributed by atoms with Gasteiger partial charge in [-0.05, 0) is 0 Å². The Bertz CT molecular complexity index is 128. The molecule has 0 rings (SSSR count). The number of hydrogen-bond acceptors (Lipinski definition) is 18. The van der Waals surface area contributed by atoms with Gasteiger partial charge < -0.3 is 129 Å². The van der Waals surface area contributed by atoms with Crippen molar-refractivity contribution in [2.45, 2.75) is 0 Å². The molecule has 0 unspecified atom stereocenters. The molecule has 0 aliphatic rings. The predicted octanol–water partition coefficient (Wildman–Crippen LogP) is -32.9. The van der Waals surface area contributed by atoms with E-state index in [1.807, 2.05) is 0 Å². The van der Waals surface area contributed by atoms with Gasteiger partial charge in [0.2, 0.25) is 0 Å². The first-order valence-electron chi connectivity index (χ1n) is 4.24. The molecule has 0 atom stereocenters. The SMILES string of the molecule is O.O.O.O.O.O.O.[Mg+2].[Mg+2].[Mg+2].[Mg+2].[Mg+2].[Mg+2].[Mg+2].[Mg+2].[Mg+2].[O-]B([O-])[O-].[O-]B([O-])[O-].[O-]B([O-])[O-].[O-]B([O-])[O-].[O-]B([O-])[O-].[O-]B([O-])[O-]. The van der Waals surface area contributed by atoms with E-state index >= 15 is 0 Å². The molecule has 40 heteroatoms. The van der Waals surface area contributed by atoms with E-state index in [1.54, 1.807) is 0 Å². The van der Waals surface area contributed by atoms with Crippen LogP contribution in [-0.4, -0.2) is 290 Å². The molecular weight excluding hydrogens is 684 g/mol. The quantitative estimate of drug-likeness (QED) is 0.212. The van der Waals surface area contributed by atoms with Gasteiger partial charge in [-0.25, -0.2) is 0 Å². The van der Waals surface area contributed by atoms with E-state index in [0.717, 1.165) is 0 Å². The minimum atomic E-state index is -2.92. The van der Waals surface area contributed by atoms with Crippen molar-refractivity contribution in [1.29, 1.82) is 0 Å². The smallest absolute Gasteiger partial charge is 0.907 e. The molecule has 0 aliphatic carbocycles. The molecule has 0 saturated heterocycles. The summed E-state index contributed by atoms with van der Waals surface area (Å²) in [6.45, 7) is 0. The van der Waals surface area contributed by atoms with E-state index in [-0.39, 0.29) is 246 Å². The normalized spacial score (nSPS) is 4.05. The van der Waals surface area contributed by atoms with Gasteiger partial charge in [-0.15, -0.1) is 0 Å². The Kier molecular flexibility index (Phi) is 606. The Balaban J connectivity index is -0.00000000450. The van der Waals surface area contributed by atoms with Gasteiger partial charge in [0.25, 0.3) is 0 Å². The van der Waals surface area contributed by atoms with Crippen molar-refractivity contribution in [2.24, 2.45) is 0 Å². The minimum Gasteiger partial charge on any atom is -0.907 e. The minimum absolute atomic E-state index is 0. The van der Waals surface area contributed by atoms with Crippen LogP contribution in [0.3, 0.4) is 0 Å². The maximum Gasteiger partial charge on any atom is 2.00 e. The second kappa shape index (κ2) is 151. The maximum atomic E-state index is 8.42. The molecule has 14 N–H and O–H groups in total. The topological polar surface area (TPSA) is 636 Å². The third kappa shape index (κ3) is 2100. The first-order chi connectivity index (χ1) is 10.4. The van der Waals surface area contributed by atoms with E-state index < -0.39 is 43.9 Å². The van der Waals surface area contributed by atoms with E-state index in [4.69, 9.17) is 90.4 Å². The van der Waals surface area contributed by atoms with Crippen LogP contribution in [0.25, 0.3) is 0 Å². The fourth-order valence-electron chi connectivity index (χ4n) is 0. The molecule has 0 radical (unpaired) electrons. The summed E-state index contributed by atoms with van der Waals surface area (Å²) in [5, 5.41) is 152. The van der Waals surface area contributed by atoms with Crippen LogP contribution in [0.15, 0.2) is 0 Å². The molecule has 0 aromatic heterocycles. The van der Waals surface area contributed by atoms with Crippen molar-refractivity contribution < 1.29 is 129 Å². The second-order valence-corrected chi connectivity index (χ2v) is 1.73. The Hall–Kier alpha value is 6.29.